The van der Waals surface area contributed by atoms with Gasteiger partial charge >= 0.3 is 0 Å². The summed E-state index contributed by atoms with van der Waals surface area (Å²) in [5.74, 6) is 0.417. The van der Waals surface area contributed by atoms with E-state index in [0.29, 0.717) is 35.9 Å². The van der Waals surface area contributed by atoms with Crippen LogP contribution in [0.25, 0.3) is 0 Å². The smallest absolute Gasteiger partial charge is 0.257 e. The molecule has 0 spiro atoms. The summed E-state index contributed by atoms with van der Waals surface area (Å²) in [5, 5.41) is 0. The van der Waals surface area contributed by atoms with Crippen molar-refractivity contribution in [3.8, 4) is 5.75 Å². The third-order valence-electron chi connectivity index (χ3n) is 7.05. The minimum absolute atomic E-state index is 0.0699. The molecule has 8 heteroatoms. The molecule has 0 radical (unpaired) electrons. The number of amides is 1. The number of fused-ring (bicyclic) bond motifs is 1. The summed E-state index contributed by atoms with van der Waals surface area (Å²) in [5.41, 5.74) is 2.92. The van der Waals surface area contributed by atoms with Crippen LogP contribution in [0.3, 0.4) is 0 Å². The molecular formula is C26H32N2O5S. The Morgan fingerprint density at radius 3 is 2.50 bits per heavy atom. The lowest BCUT2D eigenvalue weighted by Crippen LogP contribution is -2.50. The van der Waals surface area contributed by atoms with Crippen LogP contribution in [0, 0.1) is 0 Å². The normalized spacial score (nSPS) is 21.3. The van der Waals surface area contributed by atoms with Crippen molar-refractivity contribution >= 4 is 15.9 Å². The Balaban J connectivity index is 1.23. The summed E-state index contributed by atoms with van der Waals surface area (Å²) in [6.45, 7) is 2.45. The van der Waals surface area contributed by atoms with Crippen LogP contribution in [0.1, 0.15) is 47.2 Å². The number of benzene rings is 2. The Hall–Kier alpha value is -2.42. The first-order valence-electron chi connectivity index (χ1n) is 12.3. The summed E-state index contributed by atoms with van der Waals surface area (Å²) in [6, 6.07) is 12.8. The number of sulfonamides is 1. The fourth-order valence-corrected chi connectivity index (χ4v) is 6.52. The highest BCUT2D eigenvalue weighted by molar-refractivity contribution is 7.89. The molecule has 1 atom stereocenters. The number of aryl methyl sites for hydroxylation is 2. The van der Waals surface area contributed by atoms with Crippen molar-refractivity contribution in [3.05, 3.63) is 59.2 Å². The Labute approximate surface area is 201 Å². The molecule has 1 amide bonds. The standard InChI is InChI=1S/C26H32N2O5S/c29-26(24-9-3-4-10-25(24)33-19-22-8-5-17-32-22)27-13-15-28(16-14-27)34(30,31)23-12-11-20-6-1-2-7-21(20)18-23/h3-4,9-12,18,22H,1-2,5-8,13-17,19H2. The van der Waals surface area contributed by atoms with Crippen molar-refractivity contribution in [3.63, 3.8) is 0 Å². The third-order valence-corrected chi connectivity index (χ3v) is 8.94. The number of hydrogen-bond donors (Lipinski definition) is 0. The highest BCUT2D eigenvalue weighted by atomic mass is 32.2. The summed E-state index contributed by atoms with van der Waals surface area (Å²) in [6.07, 6.45) is 6.31. The molecule has 2 aliphatic heterocycles. The molecule has 2 heterocycles. The van der Waals surface area contributed by atoms with Crippen molar-refractivity contribution < 1.29 is 22.7 Å². The van der Waals surface area contributed by atoms with Gasteiger partial charge in [0.15, 0.2) is 0 Å². The van der Waals surface area contributed by atoms with E-state index in [0.717, 1.165) is 50.7 Å². The molecule has 2 aromatic carbocycles. The predicted octanol–water partition coefficient (Wildman–Crippen LogP) is 3.27. The maximum absolute atomic E-state index is 13.3. The van der Waals surface area contributed by atoms with Crippen LogP contribution >= 0.6 is 0 Å². The molecule has 5 rings (SSSR count). The molecule has 0 bridgehead atoms. The van der Waals surface area contributed by atoms with Crippen molar-refractivity contribution in [1.29, 1.82) is 0 Å². The van der Waals surface area contributed by atoms with Crippen LogP contribution in [-0.2, 0) is 27.6 Å². The Morgan fingerprint density at radius 1 is 0.971 bits per heavy atom. The van der Waals surface area contributed by atoms with Gasteiger partial charge in [0.05, 0.1) is 16.6 Å². The molecule has 0 N–H and O–H groups in total. The van der Waals surface area contributed by atoms with E-state index in [1.807, 2.05) is 24.3 Å². The van der Waals surface area contributed by atoms with Gasteiger partial charge in [-0.25, -0.2) is 8.42 Å². The van der Waals surface area contributed by atoms with E-state index in [1.165, 1.54) is 9.87 Å². The lowest BCUT2D eigenvalue weighted by molar-refractivity contribution is 0.0632. The van der Waals surface area contributed by atoms with Crippen LogP contribution in [0.5, 0.6) is 5.75 Å². The van der Waals surface area contributed by atoms with Crippen molar-refractivity contribution in [2.75, 3.05) is 39.4 Å². The highest BCUT2D eigenvalue weighted by Gasteiger charge is 2.32. The zero-order chi connectivity index (χ0) is 23.5. The first-order chi connectivity index (χ1) is 16.5. The molecular weight excluding hydrogens is 452 g/mol. The third kappa shape index (κ3) is 4.85. The van der Waals surface area contributed by atoms with E-state index in [9.17, 15) is 13.2 Å². The average Bonchev–Trinajstić information content (AvgIpc) is 3.41. The monoisotopic (exact) mass is 484 g/mol. The molecule has 1 unspecified atom stereocenters. The average molecular weight is 485 g/mol. The van der Waals surface area contributed by atoms with E-state index >= 15 is 0 Å². The summed E-state index contributed by atoms with van der Waals surface area (Å²) < 4.78 is 39.6. The molecule has 1 aliphatic carbocycles. The van der Waals surface area contributed by atoms with E-state index in [2.05, 4.69) is 0 Å². The molecule has 34 heavy (non-hydrogen) atoms. The van der Waals surface area contributed by atoms with Gasteiger partial charge in [0.25, 0.3) is 5.91 Å². The second kappa shape index (κ2) is 10.1. The molecule has 3 aliphatic rings. The van der Waals surface area contributed by atoms with Crippen LogP contribution in [0.2, 0.25) is 0 Å². The van der Waals surface area contributed by atoms with Crippen LogP contribution in [0.4, 0.5) is 0 Å². The van der Waals surface area contributed by atoms with Gasteiger partial charge in [-0.2, -0.15) is 4.31 Å². The summed E-state index contributed by atoms with van der Waals surface area (Å²) in [4.78, 5) is 15.3. The highest BCUT2D eigenvalue weighted by Crippen LogP contribution is 2.27. The maximum Gasteiger partial charge on any atom is 0.257 e. The van der Waals surface area contributed by atoms with Crippen LogP contribution < -0.4 is 4.74 Å². The van der Waals surface area contributed by atoms with Crippen molar-refractivity contribution in [2.45, 2.75) is 49.5 Å². The SMILES string of the molecule is O=C(c1ccccc1OCC1CCCO1)N1CCN(S(=O)(=O)c2ccc3c(c2)CCCC3)CC1. The van der Waals surface area contributed by atoms with Crippen molar-refractivity contribution in [1.82, 2.24) is 9.21 Å². The number of piperazine rings is 1. The first-order valence-corrected chi connectivity index (χ1v) is 13.7. The van der Waals surface area contributed by atoms with Crippen molar-refractivity contribution in [2.24, 2.45) is 0 Å². The van der Waals surface area contributed by atoms with Gasteiger partial charge in [0.1, 0.15) is 12.4 Å². The number of ether oxygens (including phenoxy) is 2. The van der Waals surface area contributed by atoms with E-state index < -0.39 is 10.0 Å². The van der Waals surface area contributed by atoms with E-state index in [1.54, 1.807) is 23.1 Å². The largest absolute Gasteiger partial charge is 0.490 e. The van der Waals surface area contributed by atoms with Gasteiger partial charge in [0.2, 0.25) is 10.0 Å². The summed E-state index contributed by atoms with van der Waals surface area (Å²) >= 11 is 0. The number of carbonyl (C=O) groups is 1. The topological polar surface area (TPSA) is 76.2 Å². The van der Waals surface area contributed by atoms with Gasteiger partial charge in [-0.1, -0.05) is 18.2 Å². The molecule has 0 aromatic heterocycles. The number of carbonyl (C=O) groups excluding carboxylic acids is 1. The molecule has 182 valence electrons. The Bertz CT molecular complexity index is 1140. The number of nitrogens with zero attached hydrogens (tertiary/aromatic N) is 2. The summed E-state index contributed by atoms with van der Waals surface area (Å²) in [7, 11) is -3.58. The predicted molar refractivity (Wildman–Crippen MR) is 129 cm³/mol. The van der Waals surface area contributed by atoms with Gasteiger partial charge in [0, 0.05) is 32.8 Å². The second-order valence-electron chi connectivity index (χ2n) is 9.28. The van der Waals surface area contributed by atoms with E-state index in [4.69, 9.17) is 9.47 Å². The lowest BCUT2D eigenvalue weighted by atomic mass is 9.92. The number of rotatable bonds is 6. The van der Waals surface area contributed by atoms with Gasteiger partial charge < -0.3 is 14.4 Å². The zero-order valence-corrected chi connectivity index (χ0v) is 20.3. The molecule has 2 aromatic rings. The number of para-hydroxylation sites is 1. The fourth-order valence-electron chi connectivity index (χ4n) is 5.05. The maximum atomic E-state index is 13.3. The van der Waals surface area contributed by atoms with Gasteiger partial charge in [-0.15, -0.1) is 0 Å². The Kier molecular flexibility index (Phi) is 6.90. The quantitative estimate of drug-likeness (QED) is 0.629. The van der Waals surface area contributed by atoms with E-state index in [-0.39, 0.29) is 25.1 Å². The molecule has 0 saturated carbocycles. The molecule has 2 fully saturated rings. The van der Waals surface area contributed by atoms with Gasteiger partial charge in [-0.3, -0.25) is 4.79 Å². The van der Waals surface area contributed by atoms with Crippen LogP contribution in [0.15, 0.2) is 47.4 Å². The zero-order valence-electron chi connectivity index (χ0n) is 19.4. The number of hydrogen-bond acceptors (Lipinski definition) is 5. The lowest BCUT2D eigenvalue weighted by Gasteiger charge is -2.34. The first kappa shape index (κ1) is 23.3. The molecule has 2 saturated heterocycles. The minimum atomic E-state index is -3.58. The molecule has 7 nitrogen and oxygen atoms in total. The Morgan fingerprint density at radius 2 is 1.74 bits per heavy atom. The second-order valence-corrected chi connectivity index (χ2v) is 11.2. The fraction of sp³-hybridized carbons (Fsp3) is 0.500. The minimum Gasteiger partial charge on any atom is -0.490 e. The van der Waals surface area contributed by atoms with Crippen LogP contribution in [-0.4, -0.2) is 69.0 Å². The van der Waals surface area contributed by atoms with Gasteiger partial charge in [-0.05, 0) is 73.9 Å².